The molecule has 0 aliphatic carbocycles. The number of hydrogen-bond acceptors (Lipinski definition) is 3. The van der Waals surface area contributed by atoms with E-state index in [4.69, 9.17) is 4.74 Å². The van der Waals surface area contributed by atoms with E-state index < -0.39 is 0 Å². The van der Waals surface area contributed by atoms with Gasteiger partial charge in [-0.25, -0.2) is 0 Å². The maximum absolute atomic E-state index is 11.1. The van der Waals surface area contributed by atoms with Gasteiger partial charge in [0.25, 0.3) is 0 Å². The van der Waals surface area contributed by atoms with Gasteiger partial charge in [0, 0.05) is 0 Å². The number of hydrogen-bond donors (Lipinski definition) is 1. The van der Waals surface area contributed by atoms with E-state index in [9.17, 15) is 4.79 Å². The molecule has 0 aliphatic rings. The van der Waals surface area contributed by atoms with E-state index in [0.29, 0.717) is 5.75 Å². The molecule has 0 aromatic heterocycles. The molecule has 0 saturated carbocycles. The average Bonchev–Trinajstić information content (AvgIpc) is 2.08. The first-order valence-corrected chi connectivity index (χ1v) is 4.57. The monoisotopic (exact) mass is 196 g/mol. The molecular weight excluding hydrogens is 184 g/mol. The highest BCUT2D eigenvalue weighted by Crippen LogP contribution is 2.12. The van der Waals surface area contributed by atoms with Crippen molar-refractivity contribution in [2.45, 2.75) is 19.1 Å². The molecule has 1 rings (SSSR count). The smallest absolute Gasteiger partial charge is 0.323 e. The molecule has 0 heterocycles. The number of rotatable bonds is 2. The molecule has 1 atom stereocenters. The van der Waals surface area contributed by atoms with Crippen LogP contribution < -0.4 is 4.74 Å². The number of carbonyl (C=O) groups is 1. The molecule has 1 aromatic carbocycles. The molecule has 0 radical (unpaired) electrons. The second kappa shape index (κ2) is 4.33. The van der Waals surface area contributed by atoms with Crippen LogP contribution in [-0.4, -0.2) is 11.2 Å². The Bertz CT molecular complexity index is 290. The fraction of sp³-hybridized carbons (Fsp3) is 0.300. The quantitative estimate of drug-likeness (QED) is 0.446. The zero-order valence-corrected chi connectivity index (χ0v) is 8.54. The topological polar surface area (TPSA) is 26.3 Å². The van der Waals surface area contributed by atoms with Crippen molar-refractivity contribution < 1.29 is 9.53 Å². The molecule has 0 fully saturated rings. The minimum atomic E-state index is -0.388. The maximum Gasteiger partial charge on any atom is 0.323 e. The number of aryl methyl sites for hydroxylation is 1. The zero-order chi connectivity index (χ0) is 9.84. The van der Waals surface area contributed by atoms with Crippen LogP contribution in [0.4, 0.5) is 0 Å². The normalized spacial score (nSPS) is 12.2. The summed E-state index contributed by atoms with van der Waals surface area (Å²) in [6.45, 7) is 3.66. The van der Waals surface area contributed by atoms with E-state index in [-0.39, 0.29) is 11.2 Å². The van der Waals surface area contributed by atoms with Gasteiger partial charge in [-0.05, 0) is 26.0 Å². The largest absolute Gasteiger partial charge is 0.426 e. The fourth-order valence-corrected chi connectivity index (χ4v) is 0.860. The van der Waals surface area contributed by atoms with Gasteiger partial charge in [-0.3, -0.25) is 4.79 Å². The third-order valence-corrected chi connectivity index (χ3v) is 1.79. The molecule has 70 valence electrons. The highest BCUT2D eigenvalue weighted by atomic mass is 32.1. The first-order chi connectivity index (χ1) is 6.09. The molecular formula is C10H12O2S. The van der Waals surface area contributed by atoms with Gasteiger partial charge in [0.2, 0.25) is 0 Å². The van der Waals surface area contributed by atoms with Crippen molar-refractivity contribution in [3.8, 4) is 5.75 Å². The van der Waals surface area contributed by atoms with Gasteiger partial charge >= 0.3 is 5.97 Å². The number of ether oxygens (including phenoxy) is 1. The number of carbonyl (C=O) groups excluding carboxylic acids is 1. The predicted molar refractivity (Wildman–Crippen MR) is 55.3 cm³/mol. The molecule has 13 heavy (non-hydrogen) atoms. The minimum absolute atomic E-state index is 0.327. The minimum Gasteiger partial charge on any atom is -0.426 e. The lowest BCUT2D eigenvalue weighted by atomic mass is 10.2. The third kappa shape index (κ3) is 3.11. The molecule has 0 N–H and O–H groups in total. The van der Waals surface area contributed by atoms with Gasteiger partial charge < -0.3 is 4.74 Å². The Hall–Kier alpha value is -0.960. The van der Waals surface area contributed by atoms with Crippen molar-refractivity contribution in [2.24, 2.45) is 0 Å². The Kier molecular flexibility index (Phi) is 3.37. The van der Waals surface area contributed by atoms with Crippen LogP contribution in [0.2, 0.25) is 0 Å². The summed E-state index contributed by atoms with van der Waals surface area (Å²) >= 11 is 3.97. The summed E-state index contributed by atoms with van der Waals surface area (Å²) in [6.07, 6.45) is 0. The fourth-order valence-electron chi connectivity index (χ4n) is 0.808. The lowest BCUT2D eigenvalue weighted by Gasteiger charge is -2.05. The van der Waals surface area contributed by atoms with E-state index in [1.54, 1.807) is 19.1 Å². The SMILES string of the molecule is Cc1ccc(OC(=O)C(C)S)cc1. The summed E-state index contributed by atoms with van der Waals surface area (Å²) in [7, 11) is 0. The Morgan fingerprint density at radius 1 is 1.38 bits per heavy atom. The molecule has 0 aliphatic heterocycles. The van der Waals surface area contributed by atoms with Crippen molar-refractivity contribution in [3.05, 3.63) is 29.8 Å². The van der Waals surface area contributed by atoms with Crippen molar-refractivity contribution in [1.82, 2.24) is 0 Å². The van der Waals surface area contributed by atoms with E-state index in [1.165, 1.54) is 0 Å². The van der Waals surface area contributed by atoms with Gasteiger partial charge in [0.05, 0.1) is 5.25 Å². The highest BCUT2D eigenvalue weighted by Gasteiger charge is 2.09. The second-order valence-corrected chi connectivity index (χ2v) is 3.68. The lowest BCUT2D eigenvalue weighted by Crippen LogP contribution is -2.17. The molecule has 1 aromatic rings. The van der Waals surface area contributed by atoms with Crippen LogP contribution in [0.15, 0.2) is 24.3 Å². The van der Waals surface area contributed by atoms with E-state index in [0.717, 1.165) is 5.56 Å². The standard InChI is InChI=1S/C10H12O2S/c1-7-3-5-9(6-4-7)12-10(11)8(2)13/h3-6,8,13H,1-2H3. The highest BCUT2D eigenvalue weighted by molar-refractivity contribution is 7.81. The molecule has 3 heteroatoms. The van der Waals surface area contributed by atoms with E-state index in [2.05, 4.69) is 12.6 Å². The second-order valence-electron chi connectivity index (χ2n) is 2.91. The Morgan fingerprint density at radius 2 is 1.92 bits per heavy atom. The van der Waals surface area contributed by atoms with Crippen LogP contribution in [-0.2, 0) is 4.79 Å². The van der Waals surface area contributed by atoms with Crippen LogP contribution in [0, 0.1) is 6.92 Å². The molecule has 0 bridgehead atoms. The lowest BCUT2D eigenvalue weighted by molar-refractivity contribution is -0.133. The first-order valence-electron chi connectivity index (χ1n) is 4.06. The Morgan fingerprint density at radius 3 is 2.38 bits per heavy atom. The Labute approximate surface area is 83.3 Å². The van der Waals surface area contributed by atoms with Crippen molar-refractivity contribution in [3.63, 3.8) is 0 Å². The van der Waals surface area contributed by atoms with Gasteiger partial charge in [-0.1, -0.05) is 17.7 Å². The van der Waals surface area contributed by atoms with Crippen molar-refractivity contribution >= 4 is 18.6 Å². The van der Waals surface area contributed by atoms with Crippen LogP contribution in [0.5, 0.6) is 5.75 Å². The van der Waals surface area contributed by atoms with Gasteiger partial charge in [-0.2, -0.15) is 12.6 Å². The van der Waals surface area contributed by atoms with Crippen LogP contribution >= 0.6 is 12.6 Å². The molecule has 0 amide bonds. The summed E-state index contributed by atoms with van der Waals surface area (Å²) in [6, 6.07) is 7.32. The van der Waals surface area contributed by atoms with Gasteiger partial charge in [0.1, 0.15) is 5.75 Å². The van der Waals surface area contributed by atoms with Crippen LogP contribution in [0.25, 0.3) is 0 Å². The molecule has 2 nitrogen and oxygen atoms in total. The number of thiol groups is 1. The van der Waals surface area contributed by atoms with Crippen LogP contribution in [0.1, 0.15) is 12.5 Å². The van der Waals surface area contributed by atoms with Crippen LogP contribution in [0.3, 0.4) is 0 Å². The zero-order valence-electron chi connectivity index (χ0n) is 7.65. The summed E-state index contributed by atoms with van der Waals surface area (Å²) < 4.78 is 5.02. The first kappa shape index (κ1) is 10.1. The summed E-state index contributed by atoms with van der Waals surface area (Å²) in [5.41, 5.74) is 1.14. The predicted octanol–water partition coefficient (Wildman–Crippen LogP) is 2.22. The molecule has 0 spiro atoms. The van der Waals surface area contributed by atoms with Gasteiger partial charge in [-0.15, -0.1) is 0 Å². The summed E-state index contributed by atoms with van der Waals surface area (Å²) in [4.78, 5) is 11.1. The number of esters is 1. The summed E-state index contributed by atoms with van der Waals surface area (Å²) in [5.74, 6) is 0.240. The van der Waals surface area contributed by atoms with E-state index >= 15 is 0 Å². The Balaban J connectivity index is 2.65. The number of benzene rings is 1. The van der Waals surface area contributed by atoms with Crippen molar-refractivity contribution in [2.75, 3.05) is 0 Å². The molecule has 1 unspecified atom stereocenters. The maximum atomic E-state index is 11.1. The van der Waals surface area contributed by atoms with E-state index in [1.807, 2.05) is 19.1 Å². The average molecular weight is 196 g/mol. The summed E-state index contributed by atoms with van der Waals surface area (Å²) in [5, 5.41) is -0.388. The molecule has 0 saturated heterocycles. The third-order valence-electron chi connectivity index (χ3n) is 1.58. The van der Waals surface area contributed by atoms with Gasteiger partial charge in [0.15, 0.2) is 0 Å². The van der Waals surface area contributed by atoms with Crippen molar-refractivity contribution in [1.29, 1.82) is 0 Å².